The molecule has 1 amide bonds. The van der Waals surface area contributed by atoms with Crippen molar-refractivity contribution in [1.82, 2.24) is 19.9 Å². The number of rotatable bonds is 4. The van der Waals surface area contributed by atoms with Gasteiger partial charge in [0, 0.05) is 37.5 Å². The minimum absolute atomic E-state index is 0.0706. The first-order chi connectivity index (χ1) is 14.9. The molecule has 0 radical (unpaired) electrons. The Morgan fingerprint density at radius 3 is 2.42 bits per heavy atom. The molecule has 2 aromatic heterocycles. The molecular formula is C23H21F3N4O. The highest BCUT2D eigenvalue weighted by atomic mass is 19.1. The molecule has 1 aliphatic heterocycles. The highest BCUT2D eigenvalue weighted by Gasteiger charge is 2.42. The maximum absolute atomic E-state index is 15.7. The van der Waals surface area contributed by atoms with E-state index < -0.39 is 23.2 Å². The standard InChI is InChI=1S/C23H21F3N4O/c1-15(16-11-17(24)13-18(25)12-16)23(26)5-9-30(10-6-23)22(31)19-3-2-7-28-21(19)20-4-8-27-14-29-20/h2-4,7-8,11-15H,5-6,9-10H2,1H3/t15-/m0/s1. The number of amides is 1. The smallest absolute Gasteiger partial charge is 0.256 e. The van der Waals surface area contributed by atoms with Crippen LogP contribution >= 0.6 is 0 Å². The Bertz CT molecular complexity index is 1060. The summed E-state index contributed by atoms with van der Waals surface area (Å²) in [5, 5.41) is 0. The topological polar surface area (TPSA) is 59.0 Å². The molecule has 1 fully saturated rings. The van der Waals surface area contributed by atoms with E-state index in [-0.39, 0.29) is 37.4 Å². The Labute approximate surface area is 178 Å². The third-order valence-corrected chi connectivity index (χ3v) is 5.91. The van der Waals surface area contributed by atoms with Gasteiger partial charge in [0.25, 0.3) is 5.91 Å². The fraction of sp³-hybridized carbons (Fsp3) is 0.304. The Balaban J connectivity index is 1.51. The van der Waals surface area contributed by atoms with Gasteiger partial charge in [0.05, 0.1) is 11.3 Å². The van der Waals surface area contributed by atoms with Crippen LogP contribution in [0.4, 0.5) is 13.2 Å². The van der Waals surface area contributed by atoms with E-state index in [1.54, 1.807) is 42.4 Å². The predicted molar refractivity (Wildman–Crippen MR) is 109 cm³/mol. The van der Waals surface area contributed by atoms with Crippen LogP contribution < -0.4 is 0 Å². The number of piperidine rings is 1. The van der Waals surface area contributed by atoms with Gasteiger partial charge in [-0.1, -0.05) is 6.92 Å². The monoisotopic (exact) mass is 426 g/mol. The predicted octanol–water partition coefficient (Wildman–Crippen LogP) is 4.56. The van der Waals surface area contributed by atoms with E-state index in [2.05, 4.69) is 15.0 Å². The van der Waals surface area contributed by atoms with E-state index in [1.807, 2.05) is 0 Å². The molecule has 3 heterocycles. The first-order valence-electron chi connectivity index (χ1n) is 10.0. The minimum atomic E-state index is -1.67. The van der Waals surface area contributed by atoms with Crippen LogP contribution in [0, 0.1) is 11.6 Å². The second-order valence-electron chi connectivity index (χ2n) is 7.75. The SMILES string of the molecule is C[C@@H](c1cc(F)cc(F)c1)C1(F)CCN(C(=O)c2cccnc2-c2ccncn2)CC1. The summed E-state index contributed by atoms with van der Waals surface area (Å²) in [7, 11) is 0. The van der Waals surface area contributed by atoms with Crippen molar-refractivity contribution >= 4 is 5.91 Å². The Kier molecular flexibility index (Phi) is 5.71. The quantitative estimate of drug-likeness (QED) is 0.614. The summed E-state index contributed by atoms with van der Waals surface area (Å²) < 4.78 is 42.9. The molecular weight excluding hydrogens is 405 g/mol. The van der Waals surface area contributed by atoms with Gasteiger partial charge in [-0.2, -0.15) is 0 Å². The van der Waals surface area contributed by atoms with E-state index in [9.17, 15) is 13.6 Å². The minimum Gasteiger partial charge on any atom is -0.338 e. The molecule has 0 aliphatic carbocycles. The van der Waals surface area contributed by atoms with Crippen molar-refractivity contribution in [1.29, 1.82) is 0 Å². The van der Waals surface area contributed by atoms with Crippen molar-refractivity contribution in [3.05, 3.63) is 77.9 Å². The molecule has 5 nitrogen and oxygen atoms in total. The summed E-state index contributed by atoms with van der Waals surface area (Å²) >= 11 is 0. The van der Waals surface area contributed by atoms with E-state index >= 15 is 4.39 Å². The van der Waals surface area contributed by atoms with E-state index in [0.29, 0.717) is 17.0 Å². The lowest BCUT2D eigenvalue weighted by atomic mass is 9.78. The second kappa shape index (κ2) is 8.45. The first kappa shape index (κ1) is 21.0. The molecule has 4 rings (SSSR count). The molecule has 0 saturated carbocycles. The third kappa shape index (κ3) is 4.28. The lowest BCUT2D eigenvalue weighted by Crippen LogP contribution is -2.47. The van der Waals surface area contributed by atoms with E-state index in [4.69, 9.17) is 0 Å². The van der Waals surface area contributed by atoms with Gasteiger partial charge in [0.1, 0.15) is 29.3 Å². The zero-order chi connectivity index (χ0) is 22.0. The van der Waals surface area contributed by atoms with Gasteiger partial charge in [-0.15, -0.1) is 0 Å². The number of nitrogens with zero attached hydrogens (tertiary/aromatic N) is 4. The highest BCUT2D eigenvalue weighted by molar-refractivity contribution is 5.99. The summed E-state index contributed by atoms with van der Waals surface area (Å²) in [5.74, 6) is -2.42. The van der Waals surface area contributed by atoms with Crippen LogP contribution in [0.1, 0.15) is 41.6 Å². The number of halogens is 3. The van der Waals surface area contributed by atoms with Crippen LogP contribution in [-0.2, 0) is 0 Å². The van der Waals surface area contributed by atoms with Crippen LogP contribution in [0.15, 0.2) is 55.1 Å². The normalized spacial score (nSPS) is 16.7. The molecule has 1 saturated heterocycles. The Hall–Kier alpha value is -3.29. The number of carbonyl (C=O) groups excluding carboxylic acids is 1. The number of hydrogen-bond acceptors (Lipinski definition) is 4. The molecule has 0 N–H and O–H groups in total. The van der Waals surface area contributed by atoms with Gasteiger partial charge in [0.2, 0.25) is 0 Å². The maximum Gasteiger partial charge on any atom is 0.256 e. The molecule has 0 spiro atoms. The van der Waals surface area contributed by atoms with Gasteiger partial charge >= 0.3 is 0 Å². The highest BCUT2D eigenvalue weighted by Crippen LogP contribution is 2.40. The van der Waals surface area contributed by atoms with Gasteiger partial charge in [-0.05, 0) is 48.7 Å². The molecule has 3 aromatic rings. The van der Waals surface area contributed by atoms with Crippen LogP contribution in [0.3, 0.4) is 0 Å². The number of pyridine rings is 1. The van der Waals surface area contributed by atoms with E-state index in [1.165, 1.54) is 6.33 Å². The van der Waals surface area contributed by atoms with Gasteiger partial charge in [0.15, 0.2) is 0 Å². The molecule has 1 aromatic carbocycles. The van der Waals surface area contributed by atoms with Crippen LogP contribution in [0.2, 0.25) is 0 Å². The Morgan fingerprint density at radius 1 is 1.06 bits per heavy atom. The Morgan fingerprint density at radius 2 is 1.77 bits per heavy atom. The number of likely N-dealkylation sites (tertiary alicyclic amines) is 1. The van der Waals surface area contributed by atoms with Gasteiger partial charge in [-0.25, -0.2) is 23.1 Å². The van der Waals surface area contributed by atoms with Crippen molar-refractivity contribution in [2.75, 3.05) is 13.1 Å². The molecule has 1 aliphatic rings. The largest absolute Gasteiger partial charge is 0.338 e. The van der Waals surface area contributed by atoms with Crippen molar-refractivity contribution in [2.24, 2.45) is 0 Å². The van der Waals surface area contributed by atoms with Gasteiger partial charge < -0.3 is 4.90 Å². The second-order valence-corrected chi connectivity index (χ2v) is 7.75. The van der Waals surface area contributed by atoms with Crippen molar-refractivity contribution in [3.8, 4) is 11.4 Å². The fourth-order valence-corrected chi connectivity index (χ4v) is 4.02. The average molecular weight is 426 g/mol. The number of benzene rings is 1. The molecule has 1 atom stereocenters. The fourth-order valence-electron chi connectivity index (χ4n) is 4.02. The maximum atomic E-state index is 15.7. The zero-order valence-electron chi connectivity index (χ0n) is 16.9. The third-order valence-electron chi connectivity index (χ3n) is 5.91. The summed E-state index contributed by atoms with van der Waals surface area (Å²) in [6, 6.07) is 8.10. The van der Waals surface area contributed by atoms with Crippen LogP contribution in [-0.4, -0.2) is 44.5 Å². The molecule has 8 heteroatoms. The summed E-state index contributed by atoms with van der Waals surface area (Å²) in [5.41, 5.74) is -0.0411. The summed E-state index contributed by atoms with van der Waals surface area (Å²) in [6.45, 7) is 2.01. The number of alkyl halides is 1. The number of aromatic nitrogens is 3. The van der Waals surface area contributed by atoms with Crippen LogP contribution in [0.5, 0.6) is 0 Å². The molecule has 0 bridgehead atoms. The van der Waals surface area contributed by atoms with Crippen molar-refractivity contribution in [2.45, 2.75) is 31.4 Å². The molecule has 0 unspecified atom stereocenters. The molecule has 31 heavy (non-hydrogen) atoms. The summed E-state index contributed by atoms with van der Waals surface area (Å²) in [4.78, 5) is 27.1. The van der Waals surface area contributed by atoms with Gasteiger partial charge in [-0.3, -0.25) is 9.78 Å². The number of carbonyl (C=O) groups is 1. The summed E-state index contributed by atoms with van der Waals surface area (Å²) in [6.07, 6.45) is 4.67. The van der Waals surface area contributed by atoms with Crippen molar-refractivity contribution < 1.29 is 18.0 Å². The zero-order valence-corrected chi connectivity index (χ0v) is 16.9. The lowest BCUT2D eigenvalue weighted by Gasteiger charge is -2.40. The molecule has 160 valence electrons. The number of hydrogen-bond donors (Lipinski definition) is 0. The van der Waals surface area contributed by atoms with Crippen LogP contribution in [0.25, 0.3) is 11.4 Å². The average Bonchev–Trinajstić information content (AvgIpc) is 2.78. The first-order valence-corrected chi connectivity index (χ1v) is 10.0. The van der Waals surface area contributed by atoms with E-state index in [0.717, 1.165) is 18.2 Å². The lowest BCUT2D eigenvalue weighted by molar-refractivity contribution is 0.0325. The van der Waals surface area contributed by atoms with Crippen molar-refractivity contribution in [3.63, 3.8) is 0 Å².